The summed E-state index contributed by atoms with van der Waals surface area (Å²) in [6.45, 7) is 13.9. The fraction of sp³-hybridized carbons (Fsp3) is 0.118. The van der Waals surface area contributed by atoms with Crippen LogP contribution in [0.3, 0.4) is 0 Å². The molecule has 74 heavy (non-hydrogen) atoms. The maximum absolute atomic E-state index is 6.06. The maximum Gasteiger partial charge on any atom is 0.165 e. The van der Waals surface area contributed by atoms with Gasteiger partial charge >= 0.3 is 0 Å². The Bertz CT molecular complexity index is 4600. The van der Waals surface area contributed by atoms with E-state index in [0.717, 1.165) is 94.7 Å². The molecule has 0 radical (unpaired) electrons. The van der Waals surface area contributed by atoms with Crippen molar-refractivity contribution in [1.82, 2.24) is 18.8 Å². The van der Waals surface area contributed by atoms with E-state index in [1.165, 1.54) is 48.8 Å². The molecule has 0 aliphatic carbocycles. The molecule has 6 nitrogen and oxygen atoms in total. The predicted molar refractivity (Wildman–Crippen MR) is 313 cm³/mol. The summed E-state index contributed by atoms with van der Waals surface area (Å²) in [7, 11) is 0. The van der Waals surface area contributed by atoms with Crippen LogP contribution in [0.2, 0.25) is 0 Å². The summed E-state index contributed by atoms with van der Waals surface area (Å²) < 4.78 is 4.94. The van der Waals surface area contributed by atoms with E-state index >= 15 is 0 Å². The number of para-hydroxylation sites is 4. The summed E-state index contributed by atoms with van der Waals surface area (Å²) in [5.74, 6) is 0. The standard InChI is InChI=1S/C68H52N6/c1-67(2,3)43-37-52-51-35-41-23-20-22-34-50(41)62(72(47-29-15-9-16-30-47)48-31-17-10-18-32-48)63(51)73-60(52)54(39-43)58-65(73)69-59-55-40-44(68(4,5)6)38-53-57-49-33-21-19-24-42(49)36-56(64(57)74(61(53)55)66(59)70-58)71(45-25-11-7-12-26-45)46-27-13-8-14-28-46/h7-40H,1-6H3. The second kappa shape index (κ2) is 15.3. The van der Waals surface area contributed by atoms with Gasteiger partial charge in [-0.05, 0) is 123 Å². The number of nitrogens with zero attached hydrogens (tertiary/aromatic N) is 6. The minimum atomic E-state index is -0.157. The SMILES string of the molecule is CC(C)(C)c1cc2c3cc4ccccc4c(N(c4ccccc4)c4ccccc4)c3n3c4nc5c6cc(C(C)(C)C)cc7c8c9ccccc9cc(N(c9ccccc9)c9ccccc9)c8n(c5nc4c(c1)c23)c67. The Morgan fingerprint density at radius 2 is 0.730 bits per heavy atom. The van der Waals surface area contributed by atoms with Crippen molar-refractivity contribution in [2.45, 2.75) is 52.4 Å². The summed E-state index contributed by atoms with van der Waals surface area (Å²) >= 11 is 0. The van der Waals surface area contributed by atoms with Crippen LogP contribution in [0.15, 0.2) is 206 Å². The molecule has 0 unspecified atom stereocenters. The number of anilines is 6. The normalized spacial score (nSPS) is 12.7. The molecule has 0 saturated carbocycles. The van der Waals surface area contributed by atoms with Crippen molar-refractivity contribution in [1.29, 1.82) is 0 Å². The van der Waals surface area contributed by atoms with Crippen molar-refractivity contribution in [3.8, 4) is 0 Å². The quantitative estimate of drug-likeness (QED) is 0.167. The van der Waals surface area contributed by atoms with Gasteiger partial charge in [0, 0.05) is 60.5 Å². The Hall–Kier alpha value is -9.00. The lowest BCUT2D eigenvalue weighted by molar-refractivity contribution is 0.591. The van der Waals surface area contributed by atoms with Crippen molar-refractivity contribution in [2.24, 2.45) is 0 Å². The number of benzene rings is 10. The molecule has 0 fully saturated rings. The molecule has 15 aromatic rings. The van der Waals surface area contributed by atoms with Crippen LogP contribution in [-0.2, 0) is 10.8 Å². The molecule has 354 valence electrons. The summed E-state index contributed by atoms with van der Waals surface area (Å²) in [5.41, 5.74) is 16.7. The van der Waals surface area contributed by atoms with E-state index in [4.69, 9.17) is 9.97 Å². The van der Waals surface area contributed by atoms with E-state index in [0.29, 0.717) is 0 Å². The zero-order chi connectivity index (χ0) is 49.8. The number of rotatable bonds is 6. The average Bonchev–Trinajstić information content (AvgIpc) is 4.21. The molecule has 0 aliphatic heterocycles. The van der Waals surface area contributed by atoms with Crippen LogP contribution < -0.4 is 9.80 Å². The zero-order valence-electron chi connectivity index (χ0n) is 42.3. The first kappa shape index (κ1) is 42.7. The third kappa shape index (κ3) is 5.99. The van der Waals surface area contributed by atoms with Crippen molar-refractivity contribution in [3.05, 3.63) is 217 Å². The molecule has 15 rings (SSSR count). The van der Waals surface area contributed by atoms with Crippen LogP contribution >= 0.6 is 0 Å². The smallest absolute Gasteiger partial charge is 0.165 e. The highest BCUT2D eigenvalue weighted by Crippen LogP contribution is 2.52. The molecule has 0 N–H and O–H groups in total. The highest BCUT2D eigenvalue weighted by atomic mass is 15.2. The third-order valence-electron chi connectivity index (χ3n) is 15.7. The molecule has 0 bridgehead atoms. The van der Waals surface area contributed by atoms with Crippen LogP contribution in [0, 0.1) is 0 Å². The van der Waals surface area contributed by atoms with E-state index in [1.807, 2.05) is 0 Å². The molecule has 5 heterocycles. The van der Waals surface area contributed by atoms with Gasteiger partial charge in [-0.25, -0.2) is 9.97 Å². The van der Waals surface area contributed by atoms with Gasteiger partial charge in [0.2, 0.25) is 0 Å². The Morgan fingerprint density at radius 3 is 1.24 bits per heavy atom. The van der Waals surface area contributed by atoms with Gasteiger partial charge in [-0.3, -0.25) is 8.80 Å². The van der Waals surface area contributed by atoms with E-state index in [2.05, 4.69) is 266 Å². The molecular weight excluding hydrogens is 901 g/mol. The van der Waals surface area contributed by atoms with E-state index in [9.17, 15) is 0 Å². The average molecular weight is 953 g/mol. The Labute approximate surface area is 428 Å². The highest BCUT2D eigenvalue weighted by Gasteiger charge is 2.32. The van der Waals surface area contributed by atoms with Gasteiger partial charge in [0.1, 0.15) is 11.0 Å². The van der Waals surface area contributed by atoms with E-state index in [1.54, 1.807) is 0 Å². The van der Waals surface area contributed by atoms with Gasteiger partial charge in [-0.15, -0.1) is 0 Å². The summed E-state index contributed by atoms with van der Waals surface area (Å²) in [6, 6.07) is 75.5. The van der Waals surface area contributed by atoms with Crippen LogP contribution in [-0.4, -0.2) is 18.8 Å². The topological polar surface area (TPSA) is 41.1 Å². The van der Waals surface area contributed by atoms with Gasteiger partial charge < -0.3 is 9.80 Å². The lowest BCUT2D eigenvalue weighted by atomic mass is 9.85. The van der Waals surface area contributed by atoms with Crippen molar-refractivity contribution < 1.29 is 0 Å². The fourth-order valence-corrected chi connectivity index (χ4v) is 12.2. The Kier molecular flexibility index (Phi) is 8.80. The molecule has 0 atom stereocenters. The molecule has 0 amide bonds. The lowest BCUT2D eigenvalue weighted by Gasteiger charge is -2.28. The monoisotopic (exact) mass is 952 g/mol. The zero-order valence-corrected chi connectivity index (χ0v) is 42.3. The number of hydrogen-bond acceptors (Lipinski definition) is 4. The summed E-state index contributed by atoms with van der Waals surface area (Å²) in [4.78, 5) is 17.0. The minimum absolute atomic E-state index is 0.150. The van der Waals surface area contributed by atoms with Crippen molar-refractivity contribution >= 4 is 132 Å². The van der Waals surface area contributed by atoms with Crippen LogP contribution in [0.4, 0.5) is 34.1 Å². The van der Waals surface area contributed by atoms with Gasteiger partial charge in [-0.2, -0.15) is 0 Å². The second-order valence-corrected chi connectivity index (χ2v) is 22.3. The third-order valence-corrected chi connectivity index (χ3v) is 15.7. The Morgan fingerprint density at radius 1 is 0.338 bits per heavy atom. The van der Waals surface area contributed by atoms with E-state index < -0.39 is 0 Å². The molecule has 0 saturated heterocycles. The molecule has 10 aromatic carbocycles. The first-order valence-electron chi connectivity index (χ1n) is 25.8. The predicted octanol–water partition coefficient (Wildman–Crippen LogP) is 18.6. The second-order valence-electron chi connectivity index (χ2n) is 22.3. The largest absolute Gasteiger partial charge is 0.308 e. The Balaban J connectivity index is 1.18. The molecular formula is C68H52N6. The fourth-order valence-electron chi connectivity index (χ4n) is 12.2. The maximum atomic E-state index is 6.06. The van der Waals surface area contributed by atoms with Gasteiger partial charge in [0.05, 0.1) is 33.4 Å². The molecule has 6 heteroatoms. The first-order valence-corrected chi connectivity index (χ1v) is 25.8. The lowest BCUT2D eigenvalue weighted by Crippen LogP contribution is -2.11. The van der Waals surface area contributed by atoms with Gasteiger partial charge in [0.25, 0.3) is 0 Å². The van der Waals surface area contributed by atoms with Gasteiger partial charge in [-0.1, -0.05) is 163 Å². The molecule has 5 aromatic heterocycles. The van der Waals surface area contributed by atoms with Gasteiger partial charge in [0.15, 0.2) is 11.3 Å². The summed E-state index contributed by atoms with van der Waals surface area (Å²) in [6.07, 6.45) is 0. The number of fused-ring (bicyclic) bond motifs is 15. The van der Waals surface area contributed by atoms with Crippen molar-refractivity contribution in [3.63, 3.8) is 0 Å². The van der Waals surface area contributed by atoms with Crippen LogP contribution in [0.25, 0.3) is 98.3 Å². The van der Waals surface area contributed by atoms with Crippen LogP contribution in [0.5, 0.6) is 0 Å². The minimum Gasteiger partial charge on any atom is -0.308 e. The number of hydrogen-bond donors (Lipinski definition) is 0. The first-order chi connectivity index (χ1) is 36.0. The molecule has 0 aliphatic rings. The van der Waals surface area contributed by atoms with E-state index in [-0.39, 0.29) is 10.8 Å². The summed E-state index contributed by atoms with van der Waals surface area (Å²) in [5, 5.41) is 11.8. The van der Waals surface area contributed by atoms with Crippen molar-refractivity contribution in [2.75, 3.05) is 9.80 Å². The number of aromatic nitrogens is 4. The highest BCUT2D eigenvalue weighted by molar-refractivity contribution is 6.33. The van der Waals surface area contributed by atoms with Crippen LogP contribution in [0.1, 0.15) is 52.7 Å². The molecule has 0 spiro atoms.